The minimum atomic E-state index is -0.459. The van der Waals surface area contributed by atoms with Crippen LogP contribution in [-0.2, 0) is 4.74 Å². The topological polar surface area (TPSA) is 55.3 Å². The molecule has 1 aliphatic rings. The average Bonchev–Trinajstić information content (AvgIpc) is 2.38. The van der Waals surface area contributed by atoms with Crippen molar-refractivity contribution >= 4 is 17.7 Å². The van der Waals surface area contributed by atoms with Crippen molar-refractivity contribution in [1.29, 1.82) is 0 Å². The van der Waals surface area contributed by atoms with E-state index in [2.05, 4.69) is 17.1 Å². The molecule has 0 spiro atoms. The lowest BCUT2D eigenvalue weighted by molar-refractivity contribution is 0.0153. The Morgan fingerprint density at radius 2 is 2.10 bits per heavy atom. The average molecular weight is 312 g/mol. The van der Waals surface area contributed by atoms with E-state index in [0.29, 0.717) is 30.1 Å². The van der Waals surface area contributed by atoms with Crippen LogP contribution in [0.25, 0.3) is 0 Å². The lowest BCUT2D eigenvalue weighted by Gasteiger charge is -2.37. The summed E-state index contributed by atoms with van der Waals surface area (Å²) < 4.78 is 5.42. The van der Waals surface area contributed by atoms with Gasteiger partial charge in [-0.25, -0.2) is 4.79 Å². The van der Waals surface area contributed by atoms with Gasteiger partial charge in [-0.3, -0.25) is 0 Å². The van der Waals surface area contributed by atoms with Crippen LogP contribution in [0.3, 0.4) is 0 Å². The first-order valence-corrected chi connectivity index (χ1v) is 7.61. The largest absolute Gasteiger partial charge is 0.444 e. The zero-order valence-electron chi connectivity index (χ0n) is 13.0. The highest BCUT2D eigenvalue weighted by molar-refractivity contribution is 6.29. The van der Waals surface area contributed by atoms with E-state index < -0.39 is 5.60 Å². The molecule has 2 rings (SSSR count). The van der Waals surface area contributed by atoms with Crippen LogP contribution in [0.4, 0.5) is 4.79 Å². The van der Waals surface area contributed by atoms with Crippen LogP contribution in [0.15, 0.2) is 12.1 Å². The normalized spacial score (nSPS) is 23.0. The lowest BCUT2D eigenvalue weighted by Crippen LogP contribution is -2.44. The summed E-state index contributed by atoms with van der Waals surface area (Å²) in [5.74, 6) is 0.607. The standard InChI is InChI=1S/C15H22ClN3O2/c1-10-9-19(14(20)21-15(2,3)4)8-7-11(10)12-5-6-13(16)18-17-12/h5-6,10-11H,7-9H2,1-4H3. The molecule has 0 bridgehead atoms. The summed E-state index contributed by atoms with van der Waals surface area (Å²) in [4.78, 5) is 13.9. The Hall–Kier alpha value is -1.36. The fraction of sp³-hybridized carbons (Fsp3) is 0.667. The molecule has 21 heavy (non-hydrogen) atoms. The minimum absolute atomic E-state index is 0.241. The molecule has 0 radical (unpaired) electrons. The van der Waals surface area contributed by atoms with Crippen molar-refractivity contribution in [2.24, 2.45) is 5.92 Å². The number of ether oxygens (including phenoxy) is 1. The monoisotopic (exact) mass is 311 g/mol. The van der Waals surface area contributed by atoms with Crippen LogP contribution in [0.2, 0.25) is 5.15 Å². The first-order chi connectivity index (χ1) is 9.76. The van der Waals surface area contributed by atoms with Crippen LogP contribution >= 0.6 is 11.6 Å². The van der Waals surface area contributed by atoms with E-state index in [1.54, 1.807) is 11.0 Å². The van der Waals surface area contributed by atoms with E-state index in [-0.39, 0.29) is 6.09 Å². The van der Waals surface area contributed by atoms with E-state index in [0.717, 1.165) is 12.1 Å². The molecule has 0 aromatic carbocycles. The maximum atomic E-state index is 12.1. The van der Waals surface area contributed by atoms with Gasteiger partial charge in [0, 0.05) is 19.0 Å². The van der Waals surface area contributed by atoms with Crippen LogP contribution in [0.1, 0.15) is 45.7 Å². The third kappa shape index (κ3) is 4.30. The summed E-state index contributed by atoms with van der Waals surface area (Å²) in [6.07, 6.45) is 0.617. The molecular formula is C15H22ClN3O2. The van der Waals surface area contributed by atoms with Crippen LogP contribution < -0.4 is 0 Å². The van der Waals surface area contributed by atoms with E-state index in [1.165, 1.54) is 0 Å². The number of hydrogen-bond donors (Lipinski definition) is 0. The highest BCUT2D eigenvalue weighted by atomic mass is 35.5. The van der Waals surface area contributed by atoms with E-state index in [4.69, 9.17) is 16.3 Å². The zero-order valence-corrected chi connectivity index (χ0v) is 13.7. The molecule has 116 valence electrons. The van der Waals surface area contributed by atoms with E-state index >= 15 is 0 Å². The molecule has 1 aliphatic heterocycles. The smallest absolute Gasteiger partial charge is 0.410 e. The fourth-order valence-electron chi connectivity index (χ4n) is 2.60. The zero-order chi connectivity index (χ0) is 15.6. The Kier molecular flexibility index (Phi) is 4.71. The first-order valence-electron chi connectivity index (χ1n) is 7.23. The molecule has 6 heteroatoms. The van der Waals surface area contributed by atoms with Gasteiger partial charge in [0.2, 0.25) is 0 Å². The highest BCUT2D eigenvalue weighted by Crippen LogP contribution is 2.32. The number of carbonyl (C=O) groups is 1. The number of nitrogens with zero attached hydrogens (tertiary/aromatic N) is 3. The van der Waals surface area contributed by atoms with Crippen molar-refractivity contribution in [3.05, 3.63) is 23.0 Å². The number of rotatable bonds is 1. The maximum absolute atomic E-state index is 12.1. The Morgan fingerprint density at radius 1 is 1.38 bits per heavy atom. The molecule has 1 saturated heterocycles. The van der Waals surface area contributed by atoms with Gasteiger partial charge < -0.3 is 9.64 Å². The van der Waals surface area contributed by atoms with Gasteiger partial charge in [-0.1, -0.05) is 18.5 Å². The fourth-order valence-corrected chi connectivity index (χ4v) is 2.70. The predicted octanol–water partition coefficient (Wildman–Crippen LogP) is 3.49. The predicted molar refractivity (Wildman–Crippen MR) is 81.4 cm³/mol. The van der Waals surface area contributed by atoms with Crippen LogP contribution in [0.5, 0.6) is 0 Å². The van der Waals surface area contributed by atoms with Gasteiger partial charge in [0.15, 0.2) is 5.15 Å². The second-order valence-electron chi connectivity index (χ2n) is 6.58. The number of carbonyl (C=O) groups excluding carboxylic acids is 1. The summed E-state index contributed by atoms with van der Waals surface area (Å²) in [6, 6.07) is 3.68. The molecule has 5 nitrogen and oxygen atoms in total. The number of likely N-dealkylation sites (tertiary alicyclic amines) is 1. The number of halogens is 1. The van der Waals surface area contributed by atoms with Crippen LogP contribution in [0, 0.1) is 5.92 Å². The number of hydrogen-bond acceptors (Lipinski definition) is 4. The Balaban J connectivity index is 1.99. The van der Waals surface area contributed by atoms with Crippen molar-refractivity contribution < 1.29 is 9.53 Å². The minimum Gasteiger partial charge on any atom is -0.444 e. The van der Waals surface area contributed by atoms with Crippen molar-refractivity contribution in [3.8, 4) is 0 Å². The van der Waals surface area contributed by atoms with Crippen molar-refractivity contribution in [3.63, 3.8) is 0 Å². The Morgan fingerprint density at radius 3 is 2.62 bits per heavy atom. The Bertz CT molecular complexity index is 499. The van der Waals surface area contributed by atoms with E-state index in [9.17, 15) is 4.79 Å². The summed E-state index contributed by atoms with van der Waals surface area (Å²) >= 11 is 5.77. The SMILES string of the molecule is CC1CN(C(=O)OC(C)(C)C)CCC1c1ccc(Cl)nn1. The lowest BCUT2D eigenvalue weighted by atomic mass is 9.84. The molecule has 0 N–H and O–H groups in total. The summed E-state index contributed by atoms with van der Waals surface area (Å²) in [6.45, 7) is 9.11. The Labute approximate surface area is 130 Å². The number of piperidine rings is 1. The molecule has 0 saturated carbocycles. The van der Waals surface area contributed by atoms with E-state index in [1.807, 2.05) is 26.8 Å². The highest BCUT2D eigenvalue weighted by Gasteiger charge is 2.32. The third-order valence-electron chi connectivity index (χ3n) is 3.59. The van der Waals surface area contributed by atoms with Gasteiger partial charge in [0.1, 0.15) is 5.60 Å². The molecule has 1 aromatic rings. The second-order valence-corrected chi connectivity index (χ2v) is 6.97. The molecule has 1 aromatic heterocycles. The van der Waals surface area contributed by atoms with Crippen LogP contribution in [-0.4, -0.2) is 39.9 Å². The third-order valence-corrected chi connectivity index (χ3v) is 3.79. The number of amides is 1. The maximum Gasteiger partial charge on any atom is 0.410 e. The van der Waals surface area contributed by atoms with Gasteiger partial charge >= 0.3 is 6.09 Å². The molecule has 2 atom stereocenters. The molecule has 2 unspecified atom stereocenters. The van der Waals surface area contributed by atoms with Gasteiger partial charge in [0.05, 0.1) is 5.69 Å². The van der Waals surface area contributed by atoms with Gasteiger partial charge in [0.25, 0.3) is 0 Å². The molecule has 1 fully saturated rings. The molecule has 1 amide bonds. The van der Waals surface area contributed by atoms with Gasteiger partial charge in [-0.15, -0.1) is 5.10 Å². The van der Waals surface area contributed by atoms with Gasteiger partial charge in [-0.05, 0) is 45.2 Å². The van der Waals surface area contributed by atoms with Gasteiger partial charge in [-0.2, -0.15) is 5.10 Å². The summed E-state index contributed by atoms with van der Waals surface area (Å²) in [5, 5.41) is 8.47. The number of aromatic nitrogens is 2. The second kappa shape index (κ2) is 6.18. The summed E-state index contributed by atoms with van der Waals surface area (Å²) in [5.41, 5.74) is 0.481. The quantitative estimate of drug-likeness (QED) is 0.796. The van der Waals surface area contributed by atoms with Crippen molar-refractivity contribution in [2.75, 3.05) is 13.1 Å². The molecule has 2 heterocycles. The first kappa shape index (κ1) is 16.0. The summed E-state index contributed by atoms with van der Waals surface area (Å²) in [7, 11) is 0. The molecule has 0 aliphatic carbocycles. The van der Waals surface area contributed by atoms with Crippen molar-refractivity contribution in [1.82, 2.24) is 15.1 Å². The van der Waals surface area contributed by atoms with Crippen molar-refractivity contribution in [2.45, 2.75) is 45.6 Å². The molecular weight excluding hydrogens is 290 g/mol.